The Morgan fingerprint density at radius 2 is 1.86 bits per heavy atom. The summed E-state index contributed by atoms with van der Waals surface area (Å²) in [6, 6.07) is 9.48. The smallest absolute Gasteiger partial charge is 0.392 e. The number of imidazole rings is 1. The Balaban J connectivity index is 1.69. The second kappa shape index (κ2) is 8.43. The summed E-state index contributed by atoms with van der Waals surface area (Å²) in [5.41, 5.74) is 0.586. The van der Waals surface area contributed by atoms with E-state index < -0.39 is 24.2 Å². The average Bonchev–Trinajstić information content (AvgIpc) is 3.43. The molecule has 35 heavy (non-hydrogen) atoms. The third-order valence-corrected chi connectivity index (χ3v) is 5.62. The van der Waals surface area contributed by atoms with Gasteiger partial charge >= 0.3 is 6.18 Å². The number of fused-ring (bicyclic) bond motifs is 1. The summed E-state index contributed by atoms with van der Waals surface area (Å²) in [5, 5.41) is 17.3. The lowest BCUT2D eigenvalue weighted by molar-refractivity contribution is -0.136. The molecule has 0 bridgehead atoms. The molecule has 178 valence electrons. The minimum absolute atomic E-state index is 0.0174. The number of rotatable bonds is 4. The number of aromatic nitrogens is 6. The molecular formula is C23H15ClF4N6O. The number of nitrogens with zero attached hydrogens (tertiary/aromatic N) is 5. The summed E-state index contributed by atoms with van der Waals surface area (Å²) in [6.45, 7) is -0.573. The molecule has 7 nitrogen and oxygen atoms in total. The first-order chi connectivity index (χ1) is 16.6. The molecule has 0 unspecified atom stereocenters. The van der Waals surface area contributed by atoms with E-state index in [4.69, 9.17) is 11.6 Å². The van der Waals surface area contributed by atoms with E-state index in [0.29, 0.717) is 22.5 Å². The second-order valence-corrected chi connectivity index (χ2v) is 8.19. The Bertz CT molecular complexity index is 1580. The van der Waals surface area contributed by atoms with Gasteiger partial charge in [0.05, 0.1) is 23.2 Å². The highest BCUT2D eigenvalue weighted by Crippen LogP contribution is 2.37. The van der Waals surface area contributed by atoms with Crippen molar-refractivity contribution in [3.05, 3.63) is 70.9 Å². The van der Waals surface area contributed by atoms with Gasteiger partial charge in [0.2, 0.25) is 0 Å². The zero-order valence-electron chi connectivity index (χ0n) is 17.9. The van der Waals surface area contributed by atoms with Gasteiger partial charge in [0.1, 0.15) is 23.0 Å². The number of nitrogens with one attached hydrogen (secondary N) is 1. The molecule has 0 aliphatic rings. The first-order valence-electron chi connectivity index (χ1n) is 10.2. The molecule has 2 aromatic carbocycles. The zero-order valence-corrected chi connectivity index (χ0v) is 18.7. The van der Waals surface area contributed by atoms with Crippen molar-refractivity contribution in [1.29, 1.82) is 0 Å². The van der Waals surface area contributed by atoms with E-state index in [9.17, 15) is 22.7 Å². The molecule has 0 spiro atoms. The van der Waals surface area contributed by atoms with E-state index in [1.165, 1.54) is 24.5 Å². The van der Waals surface area contributed by atoms with Crippen LogP contribution in [0, 0.1) is 5.82 Å². The molecule has 0 saturated carbocycles. The van der Waals surface area contributed by atoms with Crippen LogP contribution in [0.25, 0.3) is 45.1 Å². The molecule has 3 aromatic heterocycles. The third-order valence-electron chi connectivity index (χ3n) is 5.42. The van der Waals surface area contributed by atoms with Crippen LogP contribution in [-0.2, 0) is 19.8 Å². The molecule has 0 aliphatic heterocycles. The molecule has 0 aliphatic carbocycles. The van der Waals surface area contributed by atoms with Gasteiger partial charge < -0.3 is 14.7 Å². The Morgan fingerprint density at radius 3 is 2.54 bits per heavy atom. The molecule has 2 N–H and O–H groups in total. The predicted molar refractivity (Wildman–Crippen MR) is 121 cm³/mol. The van der Waals surface area contributed by atoms with E-state index in [2.05, 4.69) is 25.1 Å². The molecule has 0 amide bonds. The lowest BCUT2D eigenvalue weighted by atomic mass is 9.99. The van der Waals surface area contributed by atoms with Crippen molar-refractivity contribution in [1.82, 2.24) is 29.7 Å². The van der Waals surface area contributed by atoms with E-state index in [1.54, 1.807) is 29.8 Å². The number of halogens is 5. The number of H-pyrrole nitrogens is 1. The summed E-state index contributed by atoms with van der Waals surface area (Å²) in [5.74, 6) is -0.0282. The van der Waals surface area contributed by atoms with Crippen molar-refractivity contribution in [3.8, 4) is 34.0 Å². The van der Waals surface area contributed by atoms with Gasteiger partial charge in [0.25, 0.3) is 0 Å². The fraction of sp³-hybridized carbons (Fsp3) is 0.130. The van der Waals surface area contributed by atoms with Gasteiger partial charge in [-0.25, -0.2) is 14.4 Å². The molecule has 12 heteroatoms. The number of hydrogen-bond donors (Lipinski definition) is 2. The number of aliphatic hydroxyl groups excluding tert-OH is 1. The number of aliphatic hydroxyl groups is 1. The van der Waals surface area contributed by atoms with Gasteiger partial charge in [-0.3, -0.25) is 0 Å². The molecular weight excluding hydrogens is 488 g/mol. The van der Waals surface area contributed by atoms with Crippen LogP contribution in [0.5, 0.6) is 0 Å². The van der Waals surface area contributed by atoms with Gasteiger partial charge in [0, 0.05) is 12.6 Å². The first kappa shape index (κ1) is 22.9. The van der Waals surface area contributed by atoms with Crippen molar-refractivity contribution in [2.45, 2.75) is 12.8 Å². The lowest BCUT2D eigenvalue weighted by Crippen LogP contribution is -2.07. The van der Waals surface area contributed by atoms with E-state index >= 15 is 0 Å². The normalized spacial score (nSPS) is 12.0. The van der Waals surface area contributed by atoms with Crippen molar-refractivity contribution in [2.24, 2.45) is 7.05 Å². The quantitative estimate of drug-likeness (QED) is 0.254. The number of aryl methyl sites for hydroxylation is 1. The highest BCUT2D eigenvalue weighted by atomic mass is 35.5. The highest BCUT2D eigenvalue weighted by molar-refractivity contribution is 6.29. The molecule has 0 fully saturated rings. The largest absolute Gasteiger partial charge is 0.418 e. The summed E-state index contributed by atoms with van der Waals surface area (Å²) >= 11 is 6.27. The van der Waals surface area contributed by atoms with Crippen LogP contribution in [0.3, 0.4) is 0 Å². The Labute approximate surface area is 200 Å². The molecule has 3 heterocycles. The minimum Gasteiger partial charge on any atom is -0.392 e. The standard InChI is InChI=1S/C23H15ClF4N6O/c1-34-10-29-33-22(34)15-8-13(25)2-3-14(15)12-6-18(30-19(24)7-12)21-31-17-5-11(9-35)4-16(20(17)32-21)23(26,27)28/h2-8,10,35H,9H2,1H3,(H,31,32). The van der Waals surface area contributed by atoms with Crippen LogP contribution in [0.4, 0.5) is 17.6 Å². The summed E-state index contributed by atoms with van der Waals surface area (Å²) in [4.78, 5) is 11.2. The number of alkyl halides is 3. The van der Waals surface area contributed by atoms with Crippen LogP contribution < -0.4 is 0 Å². The summed E-state index contributed by atoms with van der Waals surface area (Å²) in [7, 11) is 1.71. The van der Waals surface area contributed by atoms with Crippen LogP contribution in [0.2, 0.25) is 5.15 Å². The summed E-state index contributed by atoms with van der Waals surface area (Å²) in [6.07, 6.45) is -3.19. The Hall–Kier alpha value is -3.83. The van der Waals surface area contributed by atoms with Crippen molar-refractivity contribution in [3.63, 3.8) is 0 Å². The Morgan fingerprint density at radius 1 is 1.06 bits per heavy atom. The number of aromatic amines is 1. The molecule has 5 aromatic rings. The fourth-order valence-electron chi connectivity index (χ4n) is 3.86. The predicted octanol–water partition coefficient (Wildman–Crippen LogP) is 5.39. The molecule has 0 radical (unpaired) electrons. The average molecular weight is 503 g/mol. The van der Waals surface area contributed by atoms with Crippen molar-refractivity contribution < 1.29 is 22.7 Å². The zero-order chi connectivity index (χ0) is 24.9. The second-order valence-electron chi connectivity index (χ2n) is 7.80. The topological polar surface area (TPSA) is 92.5 Å². The maximum atomic E-state index is 14.1. The van der Waals surface area contributed by atoms with E-state index in [-0.39, 0.29) is 33.3 Å². The SMILES string of the molecule is Cn1cnnc1-c1cc(F)ccc1-c1cc(Cl)nc(-c2nc3cc(CO)cc(C(F)(F)F)c3[nH]2)c1. The maximum absolute atomic E-state index is 14.1. The number of hydrogen-bond acceptors (Lipinski definition) is 5. The van der Waals surface area contributed by atoms with Crippen molar-refractivity contribution >= 4 is 22.6 Å². The van der Waals surface area contributed by atoms with Crippen molar-refractivity contribution in [2.75, 3.05) is 0 Å². The third kappa shape index (κ3) is 4.24. The highest BCUT2D eigenvalue weighted by Gasteiger charge is 2.34. The molecule has 5 rings (SSSR count). The van der Waals surface area contributed by atoms with Crippen LogP contribution in [-0.4, -0.2) is 34.8 Å². The first-order valence-corrected chi connectivity index (χ1v) is 10.5. The Kier molecular flexibility index (Phi) is 5.53. The number of pyridine rings is 1. The van der Waals surface area contributed by atoms with E-state index in [0.717, 1.165) is 6.07 Å². The fourth-order valence-corrected chi connectivity index (χ4v) is 4.07. The minimum atomic E-state index is -4.67. The summed E-state index contributed by atoms with van der Waals surface area (Å²) < 4.78 is 56.6. The van der Waals surface area contributed by atoms with Crippen LogP contribution in [0.1, 0.15) is 11.1 Å². The van der Waals surface area contributed by atoms with E-state index in [1.807, 2.05) is 0 Å². The van der Waals surface area contributed by atoms with Crippen LogP contribution in [0.15, 0.2) is 48.8 Å². The van der Waals surface area contributed by atoms with Gasteiger partial charge in [0.15, 0.2) is 11.6 Å². The monoisotopic (exact) mass is 502 g/mol. The van der Waals surface area contributed by atoms with Gasteiger partial charge in [-0.2, -0.15) is 13.2 Å². The molecule has 0 saturated heterocycles. The van der Waals surface area contributed by atoms with Gasteiger partial charge in [-0.05, 0) is 53.1 Å². The van der Waals surface area contributed by atoms with Gasteiger partial charge in [-0.1, -0.05) is 17.7 Å². The molecule has 0 atom stereocenters. The number of benzene rings is 2. The van der Waals surface area contributed by atoms with Gasteiger partial charge in [-0.15, -0.1) is 10.2 Å². The van der Waals surface area contributed by atoms with Crippen LogP contribution >= 0.6 is 11.6 Å². The lowest BCUT2D eigenvalue weighted by Gasteiger charge is -2.11. The maximum Gasteiger partial charge on any atom is 0.418 e.